The topological polar surface area (TPSA) is 103 Å². The van der Waals surface area contributed by atoms with E-state index < -0.39 is 0 Å². The van der Waals surface area contributed by atoms with Crippen molar-refractivity contribution in [1.29, 1.82) is 0 Å². The molecule has 0 radical (unpaired) electrons. The Balaban J connectivity index is 1.86. The van der Waals surface area contributed by atoms with E-state index in [1.165, 1.54) is 0 Å². The number of fused-ring (bicyclic) bond motifs is 2. The first-order valence-corrected chi connectivity index (χ1v) is 6.38. The molecule has 4 aromatic rings. The van der Waals surface area contributed by atoms with Crippen molar-refractivity contribution in [3.63, 3.8) is 0 Å². The molecule has 104 valence electrons. The predicted molar refractivity (Wildman–Crippen MR) is 77.9 cm³/mol. The van der Waals surface area contributed by atoms with Crippen LogP contribution in [0.3, 0.4) is 0 Å². The summed E-state index contributed by atoms with van der Waals surface area (Å²) < 4.78 is 7.35. The Labute approximate surface area is 118 Å². The molecule has 0 bridgehead atoms. The van der Waals surface area contributed by atoms with Gasteiger partial charge in [-0.05, 0) is 0 Å². The number of nitrogens with one attached hydrogen (secondary N) is 1. The van der Waals surface area contributed by atoms with Gasteiger partial charge in [0.15, 0.2) is 11.2 Å². The van der Waals surface area contributed by atoms with Gasteiger partial charge in [-0.25, -0.2) is 4.98 Å². The summed E-state index contributed by atoms with van der Waals surface area (Å²) in [5, 5.41) is 2.06. The number of nitrogens with zero attached hydrogens (tertiary/aromatic N) is 3. The molecule has 0 saturated heterocycles. The average molecular weight is 281 g/mol. The summed E-state index contributed by atoms with van der Waals surface area (Å²) >= 11 is 0. The third kappa shape index (κ3) is 1.78. The Hall–Kier alpha value is -3.09. The van der Waals surface area contributed by atoms with Crippen LogP contribution in [0.2, 0.25) is 0 Å². The van der Waals surface area contributed by atoms with Gasteiger partial charge >= 0.3 is 0 Å². The van der Waals surface area contributed by atoms with Crippen LogP contribution in [0.25, 0.3) is 21.9 Å². The Morgan fingerprint density at radius 1 is 1.33 bits per heavy atom. The van der Waals surface area contributed by atoms with Gasteiger partial charge in [0.2, 0.25) is 5.95 Å². The average Bonchev–Trinajstić information content (AvgIpc) is 3.05. The van der Waals surface area contributed by atoms with Crippen molar-refractivity contribution in [2.45, 2.75) is 6.54 Å². The van der Waals surface area contributed by atoms with Crippen LogP contribution < -0.4 is 11.3 Å². The second kappa shape index (κ2) is 4.20. The minimum atomic E-state index is -0.347. The van der Waals surface area contributed by atoms with Gasteiger partial charge < -0.3 is 14.7 Å². The fraction of sp³-hybridized carbons (Fsp3) is 0.0714. The number of benzene rings is 1. The highest BCUT2D eigenvalue weighted by molar-refractivity contribution is 5.84. The molecule has 1 aromatic carbocycles. The van der Waals surface area contributed by atoms with Gasteiger partial charge in [-0.2, -0.15) is 4.98 Å². The molecular formula is C14H11N5O2. The number of anilines is 1. The summed E-state index contributed by atoms with van der Waals surface area (Å²) in [4.78, 5) is 22.4. The molecule has 0 saturated carbocycles. The van der Waals surface area contributed by atoms with Crippen LogP contribution in [-0.4, -0.2) is 19.5 Å². The van der Waals surface area contributed by atoms with Crippen molar-refractivity contribution < 1.29 is 4.42 Å². The van der Waals surface area contributed by atoms with Crippen LogP contribution in [0.5, 0.6) is 0 Å². The number of H-pyrrole nitrogens is 1. The molecule has 0 aliphatic rings. The molecule has 7 heteroatoms. The van der Waals surface area contributed by atoms with Gasteiger partial charge in [-0.3, -0.25) is 9.78 Å². The highest BCUT2D eigenvalue weighted by Gasteiger charge is 2.12. The Bertz CT molecular complexity index is 1010. The Morgan fingerprint density at radius 2 is 2.19 bits per heavy atom. The fourth-order valence-corrected chi connectivity index (χ4v) is 2.42. The number of nitrogens with two attached hydrogens (primary N) is 1. The van der Waals surface area contributed by atoms with Crippen molar-refractivity contribution in [3.8, 4) is 0 Å². The van der Waals surface area contributed by atoms with Gasteiger partial charge in [0.05, 0.1) is 19.1 Å². The number of rotatable bonds is 2. The third-order valence-electron chi connectivity index (χ3n) is 3.40. The van der Waals surface area contributed by atoms with E-state index in [2.05, 4.69) is 15.0 Å². The number of hydrogen-bond acceptors (Lipinski definition) is 5. The van der Waals surface area contributed by atoms with Crippen LogP contribution in [0.4, 0.5) is 5.95 Å². The second-order valence-electron chi connectivity index (χ2n) is 4.74. The molecule has 0 fully saturated rings. The number of aromatic nitrogens is 4. The first kappa shape index (κ1) is 11.7. The number of aromatic amines is 1. The normalized spacial score (nSPS) is 11.4. The van der Waals surface area contributed by atoms with E-state index >= 15 is 0 Å². The maximum atomic E-state index is 11.8. The zero-order valence-electron chi connectivity index (χ0n) is 10.9. The summed E-state index contributed by atoms with van der Waals surface area (Å²) in [6.45, 7) is 0.430. The second-order valence-corrected chi connectivity index (χ2v) is 4.74. The van der Waals surface area contributed by atoms with Crippen molar-refractivity contribution in [2.75, 3.05) is 5.73 Å². The molecule has 0 unspecified atom stereocenters. The van der Waals surface area contributed by atoms with Crippen LogP contribution in [0.15, 0.2) is 46.1 Å². The maximum absolute atomic E-state index is 11.8. The Morgan fingerprint density at radius 3 is 3.10 bits per heavy atom. The SMILES string of the molecule is Nc1nc2c(ncn2Cc2occ3ccccc23)c(=O)[nH]1. The fourth-order valence-electron chi connectivity index (χ4n) is 2.42. The van der Waals surface area contributed by atoms with Gasteiger partial charge in [-0.15, -0.1) is 0 Å². The zero-order valence-corrected chi connectivity index (χ0v) is 10.9. The minimum absolute atomic E-state index is 0.0681. The summed E-state index contributed by atoms with van der Waals surface area (Å²) in [7, 11) is 0. The monoisotopic (exact) mass is 281 g/mol. The molecule has 3 heterocycles. The van der Waals surface area contributed by atoms with Gasteiger partial charge in [0.25, 0.3) is 5.56 Å². The lowest BCUT2D eigenvalue weighted by atomic mass is 10.2. The molecule has 0 spiro atoms. The molecule has 0 atom stereocenters. The first-order chi connectivity index (χ1) is 10.2. The number of nitrogen functional groups attached to an aromatic ring is 1. The van der Waals surface area contributed by atoms with Crippen molar-refractivity contribution in [1.82, 2.24) is 19.5 Å². The van der Waals surface area contributed by atoms with Gasteiger partial charge in [-0.1, -0.05) is 24.3 Å². The molecule has 0 amide bonds. The largest absolute Gasteiger partial charge is 0.466 e. The quantitative estimate of drug-likeness (QED) is 0.579. The third-order valence-corrected chi connectivity index (χ3v) is 3.40. The van der Waals surface area contributed by atoms with E-state index in [1.807, 2.05) is 24.3 Å². The zero-order chi connectivity index (χ0) is 14.4. The number of hydrogen-bond donors (Lipinski definition) is 2. The molecule has 0 aliphatic heterocycles. The van der Waals surface area contributed by atoms with E-state index in [9.17, 15) is 4.79 Å². The van der Waals surface area contributed by atoms with Crippen molar-refractivity contribution in [2.24, 2.45) is 0 Å². The van der Waals surface area contributed by atoms with Crippen molar-refractivity contribution >= 4 is 27.9 Å². The van der Waals surface area contributed by atoms with Crippen LogP contribution >= 0.6 is 0 Å². The van der Waals surface area contributed by atoms with Crippen molar-refractivity contribution in [3.05, 3.63) is 53.0 Å². The molecule has 3 N–H and O–H groups in total. The van der Waals surface area contributed by atoms with E-state index in [-0.39, 0.29) is 17.0 Å². The lowest BCUT2D eigenvalue weighted by Gasteiger charge is -2.02. The number of imidazole rings is 1. The maximum Gasteiger partial charge on any atom is 0.280 e. The van der Waals surface area contributed by atoms with E-state index in [1.54, 1.807) is 17.2 Å². The Kier molecular flexibility index (Phi) is 2.34. The number of furan rings is 1. The molecule has 21 heavy (non-hydrogen) atoms. The molecular weight excluding hydrogens is 270 g/mol. The summed E-state index contributed by atoms with van der Waals surface area (Å²) in [6.07, 6.45) is 3.27. The minimum Gasteiger partial charge on any atom is -0.466 e. The lowest BCUT2D eigenvalue weighted by molar-refractivity contribution is 0.501. The summed E-state index contributed by atoms with van der Waals surface area (Å²) in [6, 6.07) is 7.88. The molecule has 4 rings (SSSR count). The smallest absolute Gasteiger partial charge is 0.280 e. The molecule has 3 aromatic heterocycles. The van der Waals surface area contributed by atoms with Crippen LogP contribution in [0.1, 0.15) is 5.76 Å². The molecule has 0 aliphatic carbocycles. The van der Waals surface area contributed by atoms with E-state index in [0.717, 1.165) is 16.5 Å². The lowest BCUT2D eigenvalue weighted by Crippen LogP contribution is -2.12. The van der Waals surface area contributed by atoms with Crippen LogP contribution in [0, 0.1) is 0 Å². The highest BCUT2D eigenvalue weighted by Crippen LogP contribution is 2.22. The van der Waals surface area contributed by atoms with E-state index in [4.69, 9.17) is 10.2 Å². The highest BCUT2D eigenvalue weighted by atomic mass is 16.3. The van der Waals surface area contributed by atoms with Gasteiger partial charge in [0, 0.05) is 10.8 Å². The molecule has 7 nitrogen and oxygen atoms in total. The van der Waals surface area contributed by atoms with Crippen LogP contribution in [-0.2, 0) is 6.54 Å². The van der Waals surface area contributed by atoms with Gasteiger partial charge in [0.1, 0.15) is 5.76 Å². The van der Waals surface area contributed by atoms with E-state index in [0.29, 0.717) is 12.2 Å². The standard InChI is InChI=1S/C14H11N5O2/c15-14-17-12-11(13(20)18-14)16-7-19(12)5-10-9-4-2-1-3-8(9)6-21-10/h1-4,6-7H,5H2,(H3,15,17,18,20). The summed E-state index contributed by atoms with van der Waals surface area (Å²) in [5.74, 6) is 0.851. The first-order valence-electron chi connectivity index (χ1n) is 6.38. The summed E-state index contributed by atoms with van der Waals surface area (Å²) in [5.41, 5.74) is 5.94. The predicted octanol–water partition coefficient (Wildman–Crippen LogP) is 1.50.